The molecule has 1 heterocycles. The van der Waals surface area contributed by atoms with Gasteiger partial charge in [-0.15, -0.1) is 11.3 Å². The van der Waals surface area contributed by atoms with Crippen molar-refractivity contribution in [1.82, 2.24) is 9.88 Å². The second kappa shape index (κ2) is 4.43. The molecule has 0 radical (unpaired) electrons. The van der Waals surface area contributed by atoms with Crippen LogP contribution in [0.4, 0.5) is 0 Å². The van der Waals surface area contributed by atoms with Gasteiger partial charge in [-0.3, -0.25) is 4.90 Å². The van der Waals surface area contributed by atoms with Crippen molar-refractivity contribution in [2.45, 2.75) is 6.54 Å². The first-order chi connectivity index (χ1) is 5.33. The van der Waals surface area contributed by atoms with Crippen LogP contribution in [0, 0.1) is 0 Å². The molecule has 0 fully saturated rings. The zero-order valence-electron chi connectivity index (χ0n) is 6.53. The second-order valence-corrected chi connectivity index (χ2v) is 3.16. The number of hydrogen-bond donors (Lipinski definition) is 1. The molecule has 0 aliphatic carbocycles. The summed E-state index contributed by atoms with van der Waals surface area (Å²) in [5, 5.41) is 10.6. The number of aromatic nitrogens is 1. The van der Waals surface area contributed by atoms with E-state index in [1.54, 1.807) is 11.3 Å². The lowest BCUT2D eigenvalue weighted by atomic mass is 10.4. The Hall–Kier alpha value is -0.450. The standard InChI is InChI=1S/C7H12N2OS/c1-9(2-3-10)4-7-5-11-6-8-7/h5-6,10H,2-4H2,1H3. The number of nitrogens with zero attached hydrogens (tertiary/aromatic N) is 2. The SMILES string of the molecule is CN(CCO)Cc1cscn1. The van der Waals surface area contributed by atoms with Gasteiger partial charge in [0, 0.05) is 18.5 Å². The van der Waals surface area contributed by atoms with E-state index >= 15 is 0 Å². The molecule has 1 rings (SSSR count). The Morgan fingerprint density at radius 3 is 3.09 bits per heavy atom. The maximum atomic E-state index is 8.61. The second-order valence-electron chi connectivity index (χ2n) is 2.44. The number of rotatable bonds is 4. The fraction of sp³-hybridized carbons (Fsp3) is 0.571. The van der Waals surface area contributed by atoms with Crippen molar-refractivity contribution in [3.63, 3.8) is 0 Å². The minimum Gasteiger partial charge on any atom is -0.395 e. The maximum absolute atomic E-state index is 8.61. The number of aliphatic hydroxyl groups excluding tert-OH is 1. The summed E-state index contributed by atoms with van der Waals surface area (Å²) < 4.78 is 0. The summed E-state index contributed by atoms with van der Waals surface area (Å²) in [6.07, 6.45) is 0. The van der Waals surface area contributed by atoms with E-state index in [0.717, 1.165) is 12.2 Å². The summed E-state index contributed by atoms with van der Waals surface area (Å²) in [6.45, 7) is 1.74. The van der Waals surface area contributed by atoms with Gasteiger partial charge < -0.3 is 5.11 Å². The highest BCUT2D eigenvalue weighted by atomic mass is 32.1. The molecule has 0 spiro atoms. The molecule has 1 aromatic heterocycles. The molecule has 0 unspecified atom stereocenters. The molecule has 0 aromatic carbocycles. The molecule has 0 aliphatic heterocycles. The molecule has 4 heteroatoms. The molecule has 0 bridgehead atoms. The average Bonchev–Trinajstić information content (AvgIpc) is 2.40. The Morgan fingerprint density at radius 2 is 2.55 bits per heavy atom. The third-order valence-electron chi connectivity index (χ3n) is 1.40. The van der Waals surface area contributed by atoms with Crippen molar-refractivity contribution in [3.8, 4) is 0 Å². The summed E-state index contributed by atoms with van der Waals surface area (Å²) >= 11 is 1.60. The van der Waals surface area contributed by atoms with Crippen LogP contribution in [-0.4, -0.2) is 35.2 Å². The summed E-state index contributed by atoms with van der Waals surface area (Å²) in [7, 11) is 1.97. The van der Waals surface area contributed by atoms with Crippen LogP contribution in [0.3, 0.4) is 0 Å². The Bertz CT molecular complexity index is 188. The largest absolute Gasteiger partial charge is 0.395 e. The lowest BCUT2D eigenvalue weighted by molar-refractivity contribution is 0.216. The predicted octanol–water partition coefficient (Wildman–Crippen LogP) is 0.567. The van der Waals surface area contributed by atoms with E-state index in [1.165, 1.54) is 0 Å². The zero-order chi connectivity index (χ0) is 8.10. The molecule has 0 saturated heterocycles. The topological polar surface area (TPSA) is 36.4 Å². The van der Waals surface area contributed by atoms with Gasteiger partial charge in [-0.05, 0) is 7.05 Å². The molecular weight excluding hydrogens is 160 g/mol. The van der Waals surface area contributed by atoms with E-state index in [1.807, 2.05) is 22.8 Å². The third kappa shape index (κ3) is 2.96. The van der Waals surface area contributed by atoms with Crippen LogP contribution in [-0.2, 0) is 6.54 Å². The van der Waals surface area contributed by atoms with Gasteiger partial charge in [0.1, 0.15) is 0 Å². The summed E-state index contributed by atoms with van der Waals surface area (Å²) in [6, 6.07) is 0. The highest BCUT2D eigenvalue weighted by Crippen LogP contribution is 2.02. The normalized spacial score (nSPS) is 10.8. The van der Waals surface area contributed by atoms with Crippen LogP contribution < -0.4 is 0 Å². The molecular formula is C7H12N2OS. The fourth-order valence-electron chi connectivity index (χ4n) is 0.842. The van der Waals surface area contributed by atoms with E-state index in [2.05, 4.69) is 4.98 Å². The van der Waals surface area contributed by atoms with Crippen molar-refractivity contribution < 1.29 is 5.11 Å². The van der Waals surface area contributed by atoms with Crippen LogP contribution >= 0.6 is 11.3 Å². The average molecular weight is 172 g/mol. The van der Waals surface area contributed by atoms with Crippen molar-refractivity contribution in [3.05, 3.63) is 16.6 Å². The van der Waals surface area contributed by atoms with Crippen molar-refractivity contribution >= 4 is 11.3 Å². The fourth-order valence-corrected chi connectivity index (χ4v) is 1.39. The number of thiazole rings is 1. The lowest BCUT2D eigenvalue weighted by Crippen LogP contribution is -2.21. The van der Waals surface area contributed by atoms with Gasteiger partial charge in [0.05, 0.1) is 17.8 Å². The van der Waals surface area contributed by atoms with E-state index in [-0.39, 0.29) is 6.61 Å². The molecule has 11 heavy (non-hydrogen) atoms. The van der Waals surface area contributed by atoms with Gasteiger partial charge in [-0.2, -0.15) is 0 Å². The minimum atomic E-state index is 0.209. The van der Waals surface area contributed by atoms with E-state index in [9.17, 15) is 0 Å². The molecule has 0 aliphatic rings. The number of hydrogen-bond acceptors (Lipinski definition) is 4. The van der Waals surface area contributed by atoms with Gasteiger partial charge in [0.15, 0.2) is 0 Å². The van der Waals surface area contributed by atoms with Crippen LogP contribution in [0.1, 0.15) is 5.69 Å². The quantitative estimate of drug-likeness (QED) is 0.721. The lowest BCUT2D eigenvalue weighted by Gasteiger charge is -2.12. The molecule has 0 atom stereocenters. The zero-order valence-corrected chi connectivity index (χ0v) is 7.34. The highest BCUT2D eigenvalue weighted by Gasteiger charge is 1.99. The van der Waals surface area contributed by atoms with Gasteiger partial charge in [0.25, 0.3) is 0 Å². The maximum Gasteiger partial charge on any atom is 0.0795 e. The van der Waals surface area contributed by atoms with Crippen molar-refractivity contribution in [2.75, 3.05) is 20.2 Å². The number of likely N-dealkylation sites (N-methyl/N-ethyl adjacent to an activating group) is 1. The Kier molecular flexibility index (Phi) is 3.48. The molecule has 3 nitrogen and oxygen atoms in total. The first kappa shape index (κ1) is 8.64. The van der Waals surface area contributed by atoms with Crippen LogP contribution in [0.5, 0.6) is 0 Å². The Balaban J connectivity index is 2.31. The van der Waals surface area contributed by atoms with E-state index < -0.39 is 0 Å². The minimum absolute atomic E-state index is 0.209. The first-order valence-corrected chi connectivity index (χ1v) is 4.43. The Morgan fingerprint density at radius 1 is 1.73 bits per heavy atom. The van der Waals surface area contributed by atoms with Crippen LogP contribution in [0.15, 0.2) is 10.9 Å². The highest BCUT2D eigenvalue weighted by molar-refractivity contribution is 7.07. The van der Waals surface area contributed by atoms with Crippen molar-refractivity contribution in [1.29, 1.82) is 0 Å². The summed E-state index contributed by atoms with van der Waals surface area (Å²) in [5.74, 6) is 0. The van der Waals surface area contributed by atoms with Gasteiger partial charge in [-0.1, -0.05) is 0 Å². The van der Waals surface area contributed by atoms with E-state index in [4.69, 9.17) is 5.11 Å². The van der Waals surface area contributed by atoms with Gasteiger partial charge >= 0.3 is 0 Å². The molecule has 0 saturated carbocycles. The summed E-state index contributed by atoms with van der Waals surface area (Å²) in [5.41, 5.74) is 2.90. The molecule has 0 amide bonds. The number of aliphatic hydroxyl groups is 1. The summed E-state index contributed by atoms with van der Waals surface area (Å²) in [4.78, 5) is 6.17. The molecule has 62 valence electrons. The Labute approximate surface area is 70.3 Å². The van der Waals surface area contributed by atoms with Crippen LogP contribution in [0.25, 0.3) is 0 Å². The van der Waals surface area contributed by atoms with Gasteiger partial charge in [-0.25, -0.2) is 4.98 Å². The van der Waals surface area contributed by atoms with Gasteiger partial charge in [0.2, 0.25) is 0 Å². The smallest absolute Gasteiger partial charge is 0.0795 e. The van der Waals surface area contributed by atoms with E-state index in [0.29, 0.717) is 6.54 Å². The molecule has 1 aromatic rings. The first-order valence-electron chi connectivity index (χ1n) is 3.49. The van der Waals surface area contributed by atoms with Crippen molar-refractivity contribution in [2.24, 2.45) is 0 Å². The predicted molar refractivity (Wildman–Crippen MR) is 45.5 cm³/mol. The third-order valence-corrected chi connectivity index (χ3v) is 2.03. The molecule has 1 N–H and O–H groups in total. The van der Waals surface area contributed by atoms with Crippen LogP contribution in [0.2, 0.25) is 0 Å². The monoisotopic (exact) mass is 172 g/mol.